The first kappa shape index (κ1) is 55.4. The van der Waals surface area contributed by atoms with E-state index in [2.05, 4.69) is 42.5 Å². The molecule has 3 fully saturated rings. The Morgan fingerprint density at radius 1 is 0.660 bits per heavy atom. The van der Waals surface area contributed by atoms with Gasteiger partial charge in [0.25, 0.3) is 5.91 Å². The van der Waals surface area contributed by atoms with Gasteiger partial charge in [0.15, 0.2) is 0 Å². The molecule has 300 valence electrons. The summed E-state index contributed by atoms with van der Waals surface area (Å²) in [7, 11) is -4.69. The Morgan fingerprint density at radius 3 is 1.24 bits per heavy atom. The number of nitrogens with two attached hydrogens (primary N) is 2. The van der Waals surface area contributed by atoms with Crippen LogP contribution in [0.5, 0.6) is 0 Å². The van der Waals surface area contributed by atoms with Gasteiger partial charge in [-0.3, -0.25) is 19.2 Å². The van der Waals surface area contributed by atoms with Gasteiger partial charge in [-0.2, -0.15) is 20.2 Å². The normalized spacial score (nSPS) is 17.3. The summed E-state index contributed by atoms with van der Waals surface area (Å²) in [6.45, 7) is 7.18. The van der Waals surface area contributed by atoms with Crippen LogP contribution in [0.1, 0.15) is 38.5 Å². The van der Waals surface area contributed by atoms with E-state index in [4.69, 9.17) is 18.6 Å². The number of piperidine rings is 3. The van der Waals surface area contributed by atoms with Gasteiger partial charge in [-0.15, -0.1) is 45.8 Å². The second kappa shape index (κ2) is 32.3. The van der Waals surface area contributed by atoms with E-state index < -0.39 is 10.2 Å². The topological polar surface area (TPSA) is 329 Å². The number of carbonyl (C=O) groups excluding carboxylic acids is 4. The Labute approximate surface area is 328 Å². The monoisotopic (exact) mass is 877 g/mol. The van der Waals surface area contributed by atoms with Gasteiger partial charge >= 0.3 is 51.2 Å². The first-order valence-electron chi connectivity index (χ1n) is 15.2. The zero-order valence-corrected chi connectivity index (χ0v) is 31.1. The molecule has 0 spiro atoms. The molecule has 9 N–H and O–H groups in total. The summed E-state index contributed by atoms with van der Waals surface area (Å²) in [4.78, 5) is 47.3. The molecule has 0 aromatic rings. The first-order chi connectivity index (χ1) is 21.5. The van der Waals surface area contributed by atoms with Crippen LogP contribution in [0, 0.1) is 28.0 Å². The Kier molecular flexibility index (Phi) is 35.8. The van der Waals surface area contributed by atoms with E-state index in [-0.39, 0.29) is 105 Å². The van der Waals surface area contributed by atoms with Gasteiger partial charge in [0.05, 0.1) is 14.9 Å². The van der Waals surface area contributed by atoms with Crippen molar-refractivity contribution in [1.82, 2.24) is 21.3 Å². The van der Waals surface area contributed by atoms with Crippen molar-refractivity contribution >= 4 is 23.6 Å². The molecule has 0 aliphatic carbocycles. The van der Waals surface area contributed by atoms with Crippen LogP contribution < -0.4 is 35.2 Å². The third-order valence-electron chi connectivity index (χ3n) is 7.40. The van der Waals surface area contributed by atoms with Crippen molar-refractivity contribution in [2.75, 3.05) is 72.0 Å². The number of hydrogen-bond donors (Lipinski definition) is 5. The van der Waals surface area contributed by atoms with Crippen LogP contribution in [0.3, 0.4) is 0 Å². The average Bonchev–Trinajstić information content (AvgIpc) is 3.06. The molecule has 18 nitrogen and oxygen atoms in total. The second-order valence-electron chi connectivity index (χ2n) is 10.7. The van der Waals surface area contributed by atoms with Gasteiger partial charge in [0.1, 0.15) is 0 Å². The fraction of sp³-hybridized carbons (Fsp3) is 0.714. The van der Waals surface area contributed by atoms with E-state index in [1.54, 1.807) is 18.4 Å². The van der Waals surface area contributed by atoms with Crippen molar-refractivity contribution in [2.45, 2.75) is 38.5 Å². The molecule has 50 heavy (non-hydrogen) atoms. The summed E-state index contributed by atoms with van der Waals surface area (Å²) in [6, 6.07) is 0. The molecule has 4 amide bonds. The number of amides is 4. The second-order valence-corrected chi connectivity index (χ2v) is 11.5. The Bertz CT molecular complexity index is 959. The molecule has 0 aromatic carbocycles. The van der Waals surface area contributed by atoms with Crippen LogP contribution in [0.4, 0.5) is 0 Å². The zero-order valence-electron chi connectivity index (χ0n) is 27.5. The summed E-state index contributed by atoms with van der Waals surface area (Å²) >= 11 is 0. The van der Waals surface area contributed by atoms with Crippen molar-refractivity contribution in [3.05, 3.63) is 57.5 Å². The number of rotatable bonds is 10. The maximum Gasteiger partial charge on any atom is 2.00 e. The van der Waals surface area contributed by atoms with E-state index in [9.17, 15) is 19.2 Å². The van der Waals surface area contributed by atoms with Crippen molar-refractivity contribution < 1.29 is 99.3 Å². The van der Waals surface area contributed by atoms with Crippen molar-refractivity contribution in [3.8, 4) is 0 Å². The van der Waals surface area contributed by atoms with Crippen LogP contribution >= 0.6 is 0 Å². The van der Waals surface area contributed by atoms with E-state index >= 15 is 0 Å². The largest absolute Gasteiger partial charge is 2.00 e. The molecule has 22 heteroatoms. The van der Waals surface area contributed by atoms with Gasteiger partial charge in [0.2, 0.25) is 17.7 Å². The molecule has 0 bridgehead atoms. The third kappa shape index (κ3) is 26.4. The summed E-state index contributed by atoms with van der Waals surface area (Å²) in [5.74, 6) is 0.433. The number of halogens is 1. The van der Waals surface area contributed by atoms with Crippen LogP contribution in [-0.2, 0) is 70.4 Å². The molecule has 4 aliphatic rings. The van der Waals surface area contributed by atoms with Gasteiger partial charge < -0.3 is 54.8 Å². The fourth-order valence-electron chi connectivity index (χ4n) is 4.89. The summed E-state index contributed by atoms with van der Waals surface area (Å²) in [6.07, 6.45) is 10.2. The first-order valence-corrected chi connectivity index (χ1v) is 16.5. The fourth-order valence-corrected chi connectivity index (χ4v) is 4.89. The molecule has 4 heterocycles. The van der Waals surface area contributed by atoms with E-state index in [0.717, 1.165) is 77.8 Å². The Hall–Kier alpha value is -1.35. The standard InChI is InChI=1S/C14H24N4O2.C14H20N4O2.ClHO4.3Cu.2H2N/c2*19-13(11-1-5-15-6-2-11)17-9-10-18-14(20)12-3-7-16-8-4-12;2-1(3,4)5;;;;;/h11-12H,1-10H2,(H,17,19)(H,18,20);1-2,5,12H,3-4,6-10H2,(H,17,19)(H,18,20);(H,2,3,4,5);;;;2*1H2/q2*-2;;+1;2*+2;2*-1. The SMILES string of the molecule is O=C(NCCNC(=O)C1CC[N-]CC1)C1=CC[N-]C=C1.O=C(NCCNC(=O)C1CC[N-]CC1)C1CC[N-]CC1.[Cu+2].[Cu+2].[Cu+].[NH2-].[NH2-].[O-][Cl+3]([O-])([O-])O. The molecule has 3 saturated heterocycles. The molecule has 0 unspecified atom stereocenters. The molecule has 0 saturated carbocycles. The molecule has 2 radical (unpaired) electrons. The summed E-state index contributed by atoms with van der Waals surface area (Å²) in [5.41, 5.74) is 0.625. The average molecular weight is 880 g/mol. The molecular weight excluding hydrogens is 830 g/mol. The van der Waals surface area contributed by atoms with Crippen molar-refractivity contribution in [3.63, 3.8) is 0 Å². The Morgan fingerprint density at radius 2 is 0.960 bits per heavy atom. The van der Waals surface area contributed by atoms with Gasteiger partial charge in [-0.25, -0.2) is 0 Å². The maximum atomic E-state index is 11.9. The minimum atomic E-state index is -4.69. The molecule has 0 atom stereocenters. The quantitative estimate of drug-likeness (QED) is 0.132. The van der Waals surface area contributed by atoms with Crippen LogP contribution in [0.25, 0.3) is 33.6 Å². The summed E-state index contributed by atoms with van der Waals surface area (Å²) in [5, 5.41) is 28.1. The predicted molar refractivity (Wildman–Crippen MR) is 168 cm³/mol. The number of carbonyl (C=O) groups is 4. The van der Waals surface area contributed by atoms with E-state index in [0.29, 0.717) is 38.3 Å². The predicted octanol–water partition coefficient (Wildman–Crippen LogP) is -1.08. The molecule has 4 aliphatic heterocycles. The number of nitrogens with one attached hydrogen (secondary N) is 4. The van der Waals surface area contributed by atoms with Crippen molar-refractivity contribution in [1.29, 1.82) is 0 Å². The molecular formula is C28H49ClCu3N10O8-. The van der Waals surface area contributed by atoms with Crippen LogP contribution in [0.2, 0.25) is 0 Å². The van der Waals surface area contributed by atoms with Gasteiger partial charge in [-0.05, 0) is 0 Å². The minimum absolute atomic E-state index is 0. The Balaban J connectivity index is -0.000000342. The third-order valence-corrected chi connectivity index (χ3v) is 7.40. The van der Waals surface area contributed by atoms with Gasteiger partial charge in [-0.1, -0.05) is 50.7 Å². The van der Waals surface area contributed by atoms with Crippen molar-refractivity contribution in [2.24, 2.45) is 17.8 Å². The molecule has 4 rings (SSSR count). The smallest absolute Gasteiger partial charge is 0.693 e. The van der Waals surface area contributed by atoms with Gasteiger partial charge in [0, 0.05) is 49.5 Å². The van der Waals surface area contributed by atoms with Crippen LogP contribution in [-0.4, -0.2) is 100 Å². The van der Waals surface area contributed by atoms with Crippen LogP contribution in [0.15, 0.2) is 23.9 Å². The number of nitrogens with zero attached hydrogens (tertiary/aromatic N) is 4. The maximum absolute atomic E-state index is 11.9. The summed E-state index contributed by atoms with van der Waals surface area (Å²) < 4.78 is 32.7. The minimum Gasteiger partial charge on any atom is -0.693 e. The van der Waals surface area contributed by atoms with E-state index in [1.165, 1.54) is 0 Å². The molecule has 0 aromatic heterocycles. The zero-order chi connectivity index (χ0) is 32.9. The van der Waals surface area contributed by atoms with E-state index in [1.807, 2.05) is 0 Å². The number of hydrogen-bond acceptors (Lipinski definition) is 8.